The number of hydrogen-bond donors (Lipinski definition) is 1. The van der Waals surface area contributed by atoms with Gasteiger partial charge in [-0.1, -0.05) is 18.5 Å². The summed E-state index contributed by atoms with van der Waals surface area (Å²) in [5.41, 5.74) is 1.46. The van der Waals surface area contributed by atoms with Crippen molar-refractivity contribution >= 4 is 29.6 Å². The first kappa shape index (κ1) is 17.3. The van der Waals surface area contributed by atoms with Crippen molar-refractivity contribution in [1.29, 1.82) is 0 Å². The summed E-state index contributed by atoms with van der Waals surface area (Å²) in [5.74, 6) is -0.242. The van der Waals surface area contributed by atoms with E-state index in [1.165, 1.54) is 16.1 Å². The molecule has 7 nitrogen and oxygen atoms in total. The summed E-state index contributed by atoms with van der Waals surface area (Å²) in [7, 11) is 1.74. The van der Waals surface area contributed by atoms with Gasteiger partial charge in [0.25, 0.3) is 5.91 Å². The minimum Gasteiger partial charge on any atom is -0.337 e. The predicted molar refractivity (Wildman–Crippen MR) is 88.7 cm³/mol. The molecule has 1 aliphatic rings. The molecule has 0 unspecified atom stereocenters. The number of hydrazine groups is 1. The predicted octanol–water partition coefficient (Wildman–Crippen LogP) is 1.96. The van der Waals surface area contributed by atoms with Crippen LogP contribution in [0.2, 0.25) is 5.15 Å². The van der Waals surface area contributed by atoms with E-state index in [9.17, 15) is 9.59 Å². The van der Waals surface area contributed by atoms with E-state index in [4.69, 9.17) is 11.6 Å². The average Bonchev–Trinajstić information content (AvgIpc) is 3.09. The summed E-state index contributed by atoms with van der Waals surface area (Å²) in [5, 5.41) is 10.4. The second-order valence-electron chi connectivity index (χ2n) is 5.42. The van der Waals surface area contributed by atoms with Crippen LogP contribution in [0, 0.1) is 6.92 Å². The standard InChI is InChI=1S/C15H22ClN5O2/c1-4-8-17-15(23)21-10-5-9-20(21)13(22)7-6-12-11(2)18-19(3)14(12)16/h6-7H,4-5,8-10H2,1-3H3,(H,17,23). The number of carbonyl (C=O) groups is 2. The molecule has 1 N–H and O–H groups in total. The van der Waals surface area contributed by atoms with Gasteiger partial charge in [-0.15, -0.1) is 0 Å². The molecule has 1 aromatic heterocycles. The third-order valence-corrected chi connectivity index (χ3v) is 4.08. The van der Waals surface area contributed by atoms with E-state index in [0.717, 1.165) is 18.5 Å². The third-order valence-electron chi connectivity index (χ3n) is 3.64. The smallest absolute Gasteiger partial charge is 0.336 e. The average molecular weight is 340 g/mol. The highest BCUT2D eigenvalue weighted by molar-refractivity contribution is 6.31. The van der Waals surface area contributed by atoms with Gasteiger partial charge in [0.05, 0.1) is 5.69 Å². The second kappa shape index (κ2) is 7.50. The molecule has 0 aliphatic carbocycles. The molecule has 0 radical (unpaired) electrons. The Morgan fingerprint density at radius 1 is 1.35 bits per heavy atom. The molecule has 2 heterocycles. The zero-order chi connectivity index (χ0) is 17.0. The molecule has 8 heteroatoms. The zero-order valence-electron chi connectivity index (χ0n) is 13.7. The normalized spacial score (nSPS) is 14.8. The molecule has 0 atom stereocenters. The number of amides is 3. The number of halogens is 1. The molecule has 23 heavy (non-hydrogen) atoms. The van der Waals surface area contributed by atoms with Gasteiger partial charge in [0.1, 0.15) is 5.15 Å². The summed E-state index contributed by atoms with van der Waals surface area (Å²) in [6.45, 7) is 5.48. The Morgan fingerprint density at radius 2 is 2.04 bits per heavy atom. The fourth-order valence-corrected chi connectivity index (χ4v) is 2.69. The van der Waals surface area contributed by atoms with E-state index in [1.54, 1.807) is 17.8 Å². The lowest BCUT2D eigenvalue weighted by molar-refractivity contribution is -0.134. The van der Waals surface area contributed by atoms with E-state index in [0.29, 0.717) is 30.4 Å². The quantitative estimate of drug-likeness (QED) is 0.852. The number of nitrogens with zero attached hydrogens (tertiary/aromatic N) is 4. The Hall–Kier alpha value is -2.02. The molecule has 0 spiro atoms. The Labute approximate surface area is 140 Å². The molecule has 1 fully saturated rings. The summed E-state index contributed by atoms with van der Waals surface area (Å²) in [4.78, 5) is 24.5. The number of rotatable bonds is 4. The first-order valence-corrected chi connectivity index (χ1v) is 8.07. The SMILES string of the molecule is CCCNC(=O)N1CCCN1C(=O)C=Cc1c(C)nn(C)c1Cl. The van der Waals surface area contributed by atoms with Crippen LogP contribution in [0.15, 0.2) is 6.08 Å². The fraction of sp³-hybridized carbons (Fsp3) is 0.533. The highest BCUT2D eigenvalue weighted by atomic mass is 35.5. The highest BCUT2D eigenvalue weighted by Crippen LogP contribution is 2.20. The van der Waals surface area contributed by atoms with Crippen LogP contribution < -0.4 is 5.32 Å². The van der Waals surface area contributed by atoms with Gasteiger partial charge in [0.2, 0.25) is 0 Å². The van der Waals surface area contributed by atoms with Crippen molar-refractivity contribution in [3.63, 3.8) is 0 Å². The first-order chi connectivity index (χ1) is 11.0. The fourth-order valence-electron chi connectivity index (χ4n) is 2.45. The van der Waals surface area contributed by atoms with Crippen molar-refractivity contribution in [3.05, 3.63) is 22.5 Å². The molecule has 0 bridgehead atoms. The largest absolute Gasteiger partial charge is 0.337 e. The van der Waals surface area contributed by atoms with Crippen molar-refractivity contribution in [2.75, 3.05) is 19.6 Å². The highest BCUT2D eigenvalue weighted by Gasteiger charge is 2.29. The molecule has 1 saturated heterocycles. The first-order valence-electron chi connectivity index (χ1n) is 7.69. The van der Waals surface area contributed by atoms with Crippen LogP contribution in [0.5, 0.6) is 0 Å². The Kier molecular flexibility index (Phi) is 5.65. The van der Waals surface area contributed by atoms with E-state index >= 15 is 0 Å². The second-order valence-corrected chi connectivity index (χ2v) is 5.77. The monoisotopic (exact) mass is 339 g/mol. The molecule has 1 aliphatic heterocycles. The molecule has 126 valence electrons. The van der Waals surface area contributed by atoms with Gasteiger partial charge in [-0.25, -0.2) is 14.8 Å². The van der Waals surface area contributed by atoms with Crippen LogP contribution in [0.25, 0.3) is 6.08 Å². The van der Waals surface area contributed by atoms with E-state index in [-0.39, 0.29) is 11.9 Å². The number of aromatic nitrogens is 2. The molecule has 2 rings (SSSR count). The number of hydrogen-bond acceptors (Lipinski definition) is 3. The summed E-state index contributed by atoms with van der Waals surface area (Å²) in [6.07, 6.45) is 4.70. The van der Waals surface area contributed by atoms with Crippen LogP contribution in [-0.2, 0) is 11.8 Å². The Morgan fingerprint density at radius 3 is 2.65 bits per heavy atom. The third kappa shape index (κ3) is 3.85. The van der Waals surface area contributed by atoms with Gasteiger partial charge in [0, 0.05) is 38.3 Å². The maximum atomic E-state index is 12.4. The summed E-state index contributed by atoms with van der Waals surface area (Å²) >= 11 is 6.14. The molecule has 0 saturated carbocycles. The number of aryl methyl sites for hydroxylation is 2. The van der Waals surface area contributed by atoms with E-state index in [2.05, 4.69) is 10.4 Å². The maximum absolute atomic E-state index is 12.4. The molecule has 0 aromatic carbocycles. The minimum absolute atomic E-state index is 0.235. The minimum atomic E-state index is -0.242. The van der Waals surface area contributed by atoms with Gasteiger partial charge in [-0.05, 0) is 25.8 Å². The van der Waals surface area contributed by atoms with Crippen molar-refractivity contribution in [2.24, 2.45) is 7.05 Å². The number of carbonyl (C=O) groups excluding carboxylic acids is 2. The summed E-state index contributed by atoms with van der Waals surface area (Å²) < 4.78 is 1.56. The van der Waals surface area contributed by atoms with Crippen molar-refractivity contribution < 1.29 is 9.59 Å². The zero-order valence-corrected chi connectivity index (χ0v) is 14.4. The van der Waals surface area contributed by atoms with Gasteiger partial charge in [0.15, 0.2) is 0 Å². The number of nitrogens with one attached hydrogen (secondary N) is 1. The van der Waals surface area contributed by atoms with Crippen molar-refractivity contribution in [2.45, 2.75) is 26.7 Å². The lowest BCUT2D eigenvalue weighted by atomic mass is 10.2. The van der Waals surface area contributed by atoms with Crippen molar-refractivity contribution in [3.8, 4) is 0 Å². The van der Waals surface area contributed by atoms with Crippen LogP contribution in [0.1, 0.15) is 31.0 Å². The molecule has 1 aromatic rings. The van der Waals surface area contributed by atoms with Crippen molar-refractivity contribution in [1.82, 2.24) is 25.1 Å². The Balaban J connectivity index is 2.07. The summed E-state index contributed by atoms with van der Waals surface area (Å²) in [6, 6.07) is -0.235. The van der Waals surface area contributed by atoms with Crippen LogP contribution in [-0.4, -0.2) is 51.4 Å². The lowest BCUT2D eigenvalue weighted by Crippen LogP contribution is -2.48. The van der Waals surface area contributed by atoms with Gasteiger partial charge in [-0.2, -0.15) is 5.10 Å². The van der Waals surface area contributed by atoms with Gasteiger partial charge >= 0.3 is 6.03 Å². The number of urea groups is 1. The maximum Gasteiger partial charge on any atom is 0.336 e. The van der Waals surface area contributed by atoms with Crippen LogP contribution in [0.3, 0.4) is 0 Å². The van der Waals surface area contributed by atoms with Crippen LogP contribution in [0.4, 0.5) is 4.79 Å². The van der Waals surface area contributed by atoms with E-state index in [1.807, 2.05) is 13.8 Å². The lowest BCUT2D eigenvalue weighted by Gasteiger charge is -2.26. The van der Waals surface area contributed by atoms with Gasteiger partial charge < -0.3 is 5.32 Å². The molecular formula is C15H22ClN5O2. The topological polar surface area (TPSA) is 70.5 Å². The van der Waals surface area contributed by atoms with Crippen LogP contribution >= 0.6 is 11.6 Å². The van der Waals surface area contributed by atoms with E-state index < -0.39 is 0 Å². The van der Waals surface area contributed by atoms with Gasteiger partial charge in [-0.3, -0.25) is 9.48 Å². The molecule has 3 amide bonds. The molecular weight excluding hydrogens is 318 g/mol. The Bertz CT molecular complexity index is 626.